The van der Waals surface area contributed by atoms with Gasteiger partial charge in [-0.15, -0.1) is 0 Å². The minimum atomic E-state index is -1.02. The Bertz CT molecular complexity index is 289. The number of methoxy groups -OCH3 is 1. The molecule has 1 nitrogen and oxygen atoms in total. The van der Waals surface area contributed by atoms with Gasteiger partial charge in [-0.05, 0) is 31.5 Å². The summed E-state index contributed by atoms with van der Waals surface area (Å²) >= 11 is 3.31. The molecule has 0 aliphatic rings. The van der Waals surface area contributed by atoms with Gasteiger partial charge in [0.1, 0.15) is 11.9 Å². The molecule has 0 heterocycles. The van der Waals surface area contributed by atoms with Crippen LogP contribution in [0, 0.1) is 0 Å². The van der Waals surface area contributed by atoms with E-state index in [1.54, 1.807) is 31.4 Å². The largest absolute Gasteiger partial charge is 0.497 e. The molecule has 14 heavy (non-hydrogen) atoms. The van der Waals surface area contributed by atoms with E-state index in [0.29, 0.717) is 5.56 Å². The van der Waals surface area contributed by atoms with E-state index in [1.807, 2.05) is 13.8 Å². The maximum absolute atomic E-state index is 13.8. The third-order valence-corrected chi connectivity index (χ3v) is 2.41. The summed E-state index contributed by atoms with van der Waals surface area (Å²) in [6.45, 7) is 3.61. The lowest BCUT2D eigenvalue weighted by Gasteiger charge is -2.21. The highest BCUT2D eigenvalue weighted by Crippen LogP contribution is 2.36. The van der Waals surface area contributed by atoms with Crippen molar-refractivity contribution in [2.24, 2.45) is 0 Å². The van der Waals surface area contributed by atoms with Gasteiger partial charge in [0, 0.05) is 0 Å². The number of alkyl halides is 2. The van der Waals surface area contributed by atoms with Crippen LogP contribution in [0.25, 0.3) is 0 Å². The van der Waals surface area contributed by atoms with Gasteiger partial charge in [-0.2, -0.15) is 0 Å². The van der Waals surface area contributed by atoms with Crippen molar-refractivity contribution in [1.29, 1.82) is 0 Å². The first-order valence-electron chi connectivity index (χ1n) is 4.42. The average molecular weight is 261 g/mol. The van der Waals surface area contributed by atoms with Gasteiger partial charge in [-0.3, -0.25) is 0 Å². The number of benzene rings is 1. The van der Waals surface area contributed by atoms with Gasteiger partial charge >= 0.3 is 0 Å². The molecule has 0 radical (unpaired) electrons. The van der Waals surface area contributed by atoms with Gasteiger partial charge in [0.2, 0.25) is 0 Å². The first kappa shape index (κ1) is 11.5. The van der Waals surface area contributed by atoms with Crippen molar-refractivity contribution in [2.45, 2.75) is 24.3 Å². The zero-order valence-electron chi connectivity index (χ0n) is 8.55. The molecule has 1 unspecified atom stereocenters. The van der Waals surface area contributed by atoms with Crippen LogP contribution in [0.1, 0.15) is 25.6 Å². The molecule has 0 aromatic heterocycles. The molecule has 1 aromatic carbocycles. The van der Waals surface area contributed by atoms with Crippen LogP contribution < -0.4 is 4.74 Å². The first-order chi connectivity index (χ1) is 6.45. The Balaban J connectivity index is 2.87. The van der Waals surface area contributed by atoms with Crippen molar-refractivity contribution in [3.05, 3.63) is 29.8 Å². The number of rotatable bonds is 3. The van der Waals surface area contributed by atoms with Crippen LogP contribution in [0.15, 0.2) is 24.3 Å². The predicted molar refractivity (Wildman–Crippen MR) is 59.8 cm³/mol. The molecular formula is C11H14BrFO. The molecule has 1 rings (SSSR count). The summed E-state index contributed by atoms with van der Waals surface area (Å²) in [7, 11) is 1.59. The second-order valence-electron chi connectivity index (χ2n) is 3.70. The molecule has 0 aliphatic heterocycles. The molecule has 0 N–H and O–H groups in total. The maximum atomic E-state index is 13.8. The molecule has 0 saturated carbocycles. The van der Waals surface area contributed by atoms with Crippen LogP contribution in [0.4, 0.5) is 4.39 Å². The molecule has 0 aliphatic carbocycles. The molecule has 0 saturated heterocycles. The van der Waals surface area contributed by atoms with Crippen LogP contribution in [0.2, 0.25) is 0 Å². The van der Waals surface area contributed by atoms with E-state index < -0.39 is 10.5 Å². The predicted octanol–water partition coefficient (Wildman–Crippen LogP) is 3.88. The summed E-state index contributed by atoms with van der Waals surface area (Å²) in [5.41, 5.74) is 0.660. The molecule has 0 bridgehead atoms. The van der Waals surface area contributed by atoms with Crippen molar-refractivity contribution in [3.63, 3.8) is 0 Å². The summed E-state index contributed by atoms with van der Waals surface area (Å²) in [6.07, 6.45) is -1.02. The summed E-state index contributed by atoms with van der Waals surface area (Å²) in [4.78, 5) is 0. The SMILES string of the molecule is COc1ccc(C(F)C(C)(C)Br)cc1. The van der Waals surface area contributed by atoms with E-state index in [4.69, 9.17) is 4.74 Å². The minimum Gasteiger partial charge on any atom is -0.497 e. The van der Waals surface area contributed by atoms with Gasteiger partial charge in [-0.1, -0.05) is 28.1 Å². The van der Waals surface area contributed by atoms with E-state index in [-0.39, 0.29) is 0 Å². The highest BCUT2D eigenvalue weighted by molar-refractivity contribution is 9.10. The van der Waals surface area contributed by atoms with Gasteiger partial charge < -0.3 is 4.74 Å². The molecule has 0 fully saturated rings. The Kier molecular flexibility index (Phi) is 3.53. The second-order valence-corrected chi connectivity index (χ2v) is 5.74. The smallest absolute Gasteiger partial charge is 0.140 e. The maximum Gasteiger partial charge on any atom is 0.140 e. The Morgan fingerprint density at radius 1 is 1.29 bits per heavy atom. The van der Waals surface area contributed by atoms with Gasteiger partial charge in [0.15, 0.2) is 0 Å². The fraction of sp³-hybridized carbons (Fsp3) is 0.455. The summed E-state index contributed by atoms with van der Waals surface area (Å²) in [5.74, 6) is 0.744. The summed E-state index contributed by atoms with van der Waals surface area (Å²) < 4.78 is 18.3. The van der Waals surface area contributed by atoms with Crippen molar-refractivity contribution < 1.29 is 9.13 Å². The number of hydrogen-bond acceptors (Lipinski definition) is 1. The molecule has 1 atom stereocenters. The highest BCUT2D eigenvalue weighted by atomic mass is 79.9. The topological polar surface area (TPSA) is 9.23 Å². The van der Waals surface area contributed by atoms with Crippen LogP contribution >= 0.6 is 15.9 Å². The second kappa shape index (κ2) is 4.30. The fourth-order valence-corrected chi connectivity index (χ4v) is 1.43. The molecule has 0 amide bonds. The van der Waals surface area contributed by atoms with E-state index in [0.717, 1.165) is 5.75 Å². The standard InChI is InChI=1S/C11H14BrFO/c1-11(2,12)10(13)8-4-6-9(14-3)7-5-8/h4-7,10H,1-3H3. The lowest BCUT2D eigenvalue weighted by atomic mass is 10.0. The summed E-state index contributed by atoms with van der Waals surface area (Å²) in [5, 5.41) is 0. The lowest BCUT2D eigenvalue weighted by Crippen LogP contribution is -2.17. The van der Waals surface area contributed by atoms with Crippen LogP contribution in [0.5, 0.6) is 5.75 Å². The first-order valence-corrected chi connectivity index (χ1v) is 5.21. The monoisotopic (exact) mass is 260 g/mol. The third-order valence-electron chi connectivity index (χ3n) is 2.01. The lowest BCUT2D eigenvalue weighted by molar-refractivity contribution is 0.291. The summed E-state index contributed by atoms with van der Waals surface area (Å²) in [6, 6.07) is 7.01. The number of ether oxygens (including phenoxy) is 1. The fourth-order valence-electron chi connectivity index (χ4n) is 1.17. The molecule has 78 valence electrons. The van der Waals surface area contributed by atoms with Crippen molar-refractivity contribution >= 4 is 15.9 Å². The average Bonchev–Trinajstić information content (AvgIpc) is 2.15. The van der Waals surface area contributed by atoms with E-state index in [2.05, 4.69) is 15.9 Å². The Morgan fingerprint density at radius 3 is 2.14 bits per heavy atom. The highest BCUT2D eigenvalue weighted by Gasteiger charge is 2.27. The van der Waals surface area contributed by atoms with Crippen molar-refractivity contribution in [1.82, 2.24) is 0 Å². The van der Waals surface area contributed by atoms with E-state index in [1.165, 1.54) is 0 Å². The minimum absolute atomic E-state index is 0.540. The number of hydrogen-bond donors (Lipinski definition) is 0. The molecular weight excluding hydrogens is 247 g/mol. The molecule has 3 heteroatoms. The van der Waals surface area contributed by atoms with E-state index in [9.17, 15) is 4.39 Å². The van der Waals surface area contributed by atoms with Crippen molar-refractivity contribution in [3.8, 4) is 5.75 Å². The van der Waals surface area contributed by atoms with Crippen LogP contribution in [0.3, 0.4) is 0 Å². The van der Waals surface area contributed by atoms with Gasteiger partial charge in [0.05, 0.1) is 11.4 Å². The van der Waals surface area contributed by atoms with Crippen LogP contribution in [-0.4, -0.2) is 11.4 Å². The zero-order chi connectivity index (χ0) is 10.8. The Labute approximate surface area is 92.4 Å². The Morgan fingerprint density at radius 2 is 1.79 bits per heavy atom. The van der Waals surface area contributed by atoms with Crippen molar-refractivity contribution in [2.75, 3.05) is 7.11 Å². The zero-order valence-corrected chi connectivity index (χ0v) is 10.1. The van der Waals surface area contributed by atoms with Crippen LogP contribution in [-0.2, 0) is 0 Å². The normalized spacial score (nSPS) is 13.8. The Hall–Kier alpha value is -0.570. The third kappa shape index (κ3) is 2.71. The van der Waals surface area contributed by atoms with Gasteiger partial charge in [-0.25, -0.2) is 4.39 Å². The quantitative estimate of drug-likeness (QED) is 0.750. The van der Waals surface area contributed by atoms with Gasteiger partial charge in [0.25, 0.3) is 0 Å². The molecule has 1 aromatic rings. The van der Waals surface area contributed by atoms with E-state index >= 15 is 0 Å². The molecule has 0 spiro atoms. The number of halogens is 2.